The van der Waals surface area contributed by atoms with E-state index < -0.39 is 0 Å². The molecule has 3 aromatic rings. The fourth-order valence-electron chi connectivity index (χ4n) is 4.04. The molecular weight excluding hydrogens is 382 g/mol. The molecule has 6 nitrogen and oxygen atoms in total. The number of rotatable bonds is 5. The Hall–Kier alpha value is -2.99. The molecule has 158 valence electrons. The van der Waals surface area contributed by atoms with Crippen molar-refractivity contribution in [2.75, 3.05) is 13.7 Å². The van der Waals surface area contributed by atoms with Gasteiger partial charge in [0.2, 0.25) is 11.2 Å². The maximum Gasteiger partial charge on any atom is 0.235 e. The number of benzene rings is 2. The summed E-state index contributed by atoms with van der Waals surface area (Å²) in [6, 6.07) is 10.7. The molecule has 0 radical (unpaired) electrons. The van der Waals surface area contributed by atoms with E-state index in [4.69, 9.17) is 13.9 Å². The Kier molecular flexibility index (Phi) is 5.68. The van der Waals surface area contributed by atoms with Crippen molar-refractivity contribution in [3.8, 4) is 23.0 Å². The van der Waals surface area contributed by atoms with Crippen LogP contribution in [-0.2, 0) is 6.54 Å². The van der Waals surface area contributed by atoms with Crippen molar-refractivity contribution < 1.29 is 19.0 Å². The number of likely N-dealkylation sites (tertiary alicyclic amines) is 1. The Bertz CT molecular complexity index is 1120. The molecule has 30 heavy (non-hydrogen) atoms. The summed E-state index contributed by atoms with van der Waals surface area (Å²) < 4.78 is 17.1. The van der Waals surface area contributed by atoms with E-state index in [2.05, 4.69) is 11.8 Å². The van der Waals surface area contributed by atoms with Crippen LogP contribution in [0.4, 0.5) is 0 Å². The van der Waals surface area contributed by atoms with E-state index >= 15 is 0 Å². The van der Waals surface area contributed by atoms with Gasteiger partial charge in [0.25, 0.3) is 0 Å². The van der Waals surface area contributed by atoms with Crippen LogP contribution < -0.4 is 14.9 Å². The smallest absolute Gasteiger partial charge is 0.235 e. The molecule has 1 aliphatic rings. The van der Waals surface area contributed by atoms with Crippen molar-refractivity contribution in [1.82, 2.24) is 4.90 Å². The average Bonchev–Trinajstić information content (AvgIpc) is 2.74. The summed E-state index contributed by atoms with van der Waals surface area (Å²) in [5.41, 5.74) is 0.812. The first-order valence-corrected chi connectivity index (χ1v) is 10.3. The van der Waals surface area contributed by atoms with Crippen molar-refractivity contribution >= 4 is 11.0 Å². The van der Waals surface area contributed by atoms with E-state index in [1.165, 1.54) is 6.42 Å². The molecule has 1 atom stereocenters. The summed E-state index contributed by atoms with van der Waals surface area (Å²) in [7, 11) is 1.58. The zero-order valence-corrected chi connectivity index (χ0v) is 17.6. The maximum atomic E-state index is 13.2. The highest BCUT2D eigenvalue weighted by Crippen LogP contribution is 2.33. The molecule has 0 aliphatic carbocycles. The third-order valence-electron chi connectivity index (χ3n) is 5.82. The van der Waals surface area contributed by atoms with Gasteiger partial charge in [0.1, 0.15) is 28.6 Å². The molecule has 0 spiro atoms. The summed E-state index contributed by atoms with van der Waals surface area (Å²) in [6.45, 7) is 5.41. The van der Waals surface area contributed by atoms with E-state index in [1.54, 1.807) is 50.4 Å². The molecular formula is C24H27NO5. The quantitative estimate of drug-likeness (QED) is 0.641. The molecule has 1 aromatic heterocycles. The van der Waals surface area contributed by atoms with Crippen LogP contribution in [0.3, 0.4) is 0 Å². The van der Waals surface area contributed by atoms with Crippen LogP contribution in [0.2, 0.25) is 0 Å². The number of piperidine rings is 1. The molecule has 1 aliphatic heterocycles. The summed E-state index contributed by atoms with van der Waals surface area (Å²) in [5, 5.41) is 10.9. The Morgan fingerprint density at radius 2 is 2.00 bits per heavy atom. The van der Waals surface area contributed by atoms with Crippen LogP contribution in [0.25, 0.3) is 11.0 Å². The zero-order valence-electron chi connectivity index (χ0n) is 17.6. The number of phenolic OH excluding ortho intramolecular Hbond substituents is 1. The Morgan fingerprint density at radius 1 is 1.20 bits per heavy atom. The van der Waals surface area contributed by atoms with Crippen LogP contribution in [0, 0.1) is 6.92 Å². The SMILES string of the molecule is COc1cccc(Oc2c(C)oc3c(CN4CCCCC4C)c(O)ccc3c2=O)c1. The number of ether oxygens (including phenoxy) is 2. The van der Waals surface area contributed by atoms with Gasteiger partial charge in [-0.05, 0) is 57.5 Å². The van der Waals surface area contributed by atoms with Crippen molar-refractivity contribution in [2.45, 2.75) is 45.7 Å². The molecule has 0 bridgehead atoms. The van der Waals surface area contributed by atoms with Crippen LogP contribution >= 0.6 is 0 Å². The number of aromatic hydroxyl groups is 1. The minimum absolute atomic E-state index is 0.138. The van der Waals surface area contributed by atoms with Gasteiger partial charge in [0.05, 0.1) is 18.1 Å². The van der Waals surface area contributed by atoms with Crippen LogP contribution in [-0.4, -0.2) is 29.7 Å². The lowest BCUT2D eigenvalue weighted by Crippen LogP contribution is -2.36. The van der Waals surface area contributed by atoms with Gasteiger partial charge in [0, 0.05) is 18.7 Å². The van der Waals surface area contributed by atoms with Crippen LogP contribution in [0.15, 0.2) is 45.6 Å². The highest BCUT2D eigenvalue weighted by molar-refractivity contribution is 5.83. The van der Waals surface area contributed by atoms with Gasteiger partial charge >= 0.3 is 0 Å². The standard InChI is InChI=1S/C24H27NO5/c1-15-7-4-5-12-25(15)14-20-21(26)11-10-19-22(27)23(16(2)29-24(19)20)30-18-9-6-8-17(13-18)28-3/h6,8-11,13,15,26H,4-5,7,12,14H2,1-3H3. The lowest BCUT2D eigenvalue weighted by Gasteiger charge is -2.33. The minimum atomic E-state index is -0.260. The number of methoxy groups -OCH3 is 1. The van der Waals surface area contributed by atoms with Gasteiger partial charge in [-0.2, -0.15) is 0 Å². The third-order valence-corrected chi connectivity index (χ3v) is 5.82. The maximum absolute atomic E-state index is 13.2. The second-order valence-electron chi connectivity index (χ2n) is 7.85. The number of fused-ring (bicyclic) bond motifs is 1. The van der Waals surface area contributed by atoms with Crippen molar-refractivity contribution in [3.05, 3.63) is 57.9 Å². The van der Waals surface area contributed by atoms with E-state index in [0.29, 0.717) is 46.4 Å². The predicted octanol–water partition coefficient (Wildman–Crippen LogP) is 4.98. The first-order valence-electron chi connectivity index (χ1n) is 10.3. The highest BCUT2D eigenvalue weighted by Gasteiger charge is 2.23. The topological polar surface area (TPSA) is 72.1 Å². The summed E-state index contributed by atoms with van der Waals surface area (Å²) in [5.74, 6) is 1.78. The Labute approximate surface area is 175 Å². The second kappa shape index (κ2) is 8.40. The molecule has 2 heterocycles. The number of phenols is 1. The lowest BCUT2D eigenvalue weighted by atomic mass is 10.0. The number of nitrogens with zero attached hydrogens (tertiary/aromatic N) is 1. The predicted molar refractivity (Wildman–Crippen MR) is 116 cm³/mol. The van der Waals surface area contributed by atoms with Crippen molar-refractivity contribution in [3.63, 3.8) is 0 Å². The monoisotopic (exact) mass is 409 g/mol. The number of aryl methyl sites for hydroxylation is 1. The molecule has 1 unspecified atom stereocenters. The van der Waals surface area contributed by atoms with Gasteiger partial charge in [-0.3, -0.25) is 9.69 Å². The van der Waals surface area contributed by atoms with Crippen LogP contribution in [0.1, 0.15) is 37.5 Å². The van der Waals surface area contributed by atoms with Gasteiger partial charge in [0.15, 0.2) is 0 Å². The number of hydrogen-bond donors (Lipinski definition) is 1. The van der Waals surface area contributed by atoms with Crippen molar-refractivity contribution in [2.24, 2.45) is 0 Å². The van der Waals surface area contributed by atoms with Crippen molar-refractivity contribution in [1.29, 1.82) is 0 Å². The summed E-state index contributed by atoms with van der Waals surface area (Å²) >= 11 is 0. The van der Waals surface area contributed by atoms with E-state index in [-0.39, 0.29) is 16.9 Å². The van der Waals surface area contributed by atoms with E-state index in [9.17, 15) is 9.90 Å². The van der Waals surface area contributed by atoms with Gasteiger partial charge in [-0.1, -0.05) is 12.5 Å². The molecule has 1 N–H and O–H groups in total. The number of hydrogen-bond acceptors (Lipinski definition) is 6. The molecule has 6 heteroatoms. The second-order valence-corrected chi connectivity index (χ2v) is 7.85. The first-order chi connectivity index (χ1) is 14.5. The van der Waals surface area contributed by atoms with Gasteiger partial charge in [-0.15, -0.1) is 0 Å². The summed E-state index contributed by atoms with van der Waals surface area (Å²) in [4.78, 5) is 15.5. The Balaban J connectivity index is 1.75. The Morgan fingerprint density at radius 3 is 2.77 bits per heavy atom. The molecule has 2 aromatic carbocycles. The molecule has 0 amide bonds. The van der Waals surface area contributed by atoms with Gasteiger partial charge < -0.3 is 19.0 Å². The fraction of sp³-hybridized carbons (Fsp3) is 0.375. The largest absolute Gasteiger partial charge is 0.507 e. The van der Waals surface area contributed by atoms with Gasteiger partial charge in [-0.25, -0.2) is 0 Å². The molecule has 1 fully saturated rings. The first kappa shape index (κ1) is 20.3. The lowest BCUT2D eigenvalue weighted by molar-refractivity contribution is 0.151. The average molecular weight is 409 g/mol. The normalized spacial score (nSPS) is 17.2. The zero-order chi connectivity index (χ0) is 21.3. The summed E-state index contributed by atoms with van der Waals surface area (Å²) in [6.07, 6.45) is 3.49. The fourth-order valence-corrected chi connectivity index (χ4v) is 4.04. The molecule has 4 rings (SSSR count). The molecule has 0 saturated carbocycles. The third kappa shape index (κ3) is 3.87. The molecule has 1 saturated heterocycles. The van der Waals surface area contributed by atoms with Crippen LogP contribution in [0.5, 0.6) is 23.0 Å². The van der Waals surface area contributed by atoms with E-state index in [0.717, 1.165) is 19.4 Å². The minimum Gasteiger partial charge on any atom is -0.507 e. The highest BCUT2D eigenvalue weighted by atomic mass is 16.5. The van der Waals surface area contributed by atoms with E-state index in [1.807, 2.05) is 0 Å².